The third-order valence-electron chi connectivity index (χ3n) is 4.33. The number of aliphatic hydroxyl groups excluding tert-OH is 1. The number of nitrogens with two attached hydrogens (primary N) is 2. The SMILES string of the molecule is C.C.C.NP(=O)(Cl)N(CCCl)CCCl.NP(=O)(OCCSSc1ccccn1)N(CCCl)CCCl.OCCSSc1ccccn1. The molecule has 2 atom stereocenters. The fraction of sp³-hybridized carbons (Fsp3) is 0.600. The van der Waals surface area contributed by atoms with Gasteiger partial charge in [-0.3, -0.25) is 14.6 Å². The lowest BCUT2D eigenvalue weighted by atomic mass is 10.5. The Morgan fingerprint density at radius 2 is 1.15 bits per heavy atom. The van der Waals surface area contributed by atoms with Gasteiger partial charge in [0, 0.05) is 73.6 Å². The fourth-order valence-electron chi connectivity index (χ4n) is 2.48. The Hall–Kier alpha value is 1.37. The van der Waals surface area contributed by atoms with Gasteiger partial charge in [-0.15, -0.1) is 46.4 Å². The van der Waals surface area contributed by atoms with Gasteiger partial charge in [0.05, 0.1) is 13.2 Å². The first-order chi connectivity index (χ1) is 20.5. The van der Waals surface area contributed by atoms with E-state index in [2.05, 4.69) is 9.97 Å². The van der Waals surface area contributed by atoms with Crippen molar-refractivity contribution < 1.29 is 18.8 Å². The third-order valence-corrected chi connectivity index (χ3v) is 13.0. The second-order valence-electron chi connectivity index (χ2n) is 7.48. The van der Waals surface area contributed by atoms with Crippen molar-refractivity contribution in [3.8, 4) is 0 Å². The molecule has 0 radical (unpaired) electrons. The van der Waals surface area contributed by atoms with E-state index in [4.69, 9.17) is 78.3 Å². The van der Waals surface area contributed by atoms with Crippen LogP contribution in [-0.4, -0.2) is 98.8 Å². The van der Waals surface area contributed by atoms with Crippen LogP contribution in [0.2, 0.25) is 0 Å². The quantitative estimate of drug-likeness (QED) is 0.0502. The normalized spacial score (nSPS) is 12.9. The molecule has 0 spiro atoms. The van der Waals surface area contributed by atoms with Crippen LogP contribution in [0.5, 0.6) is 0 Å². The molecule has 0 aliphatic rings. The van der Waals surface area contributed by atoms with Crippen LogP contribution in [0.3, 0.4) is 0 Å². The number of aliphatic hydroxyl groups is 1. The van der Waals surface area contributed by atoms with Gasteiger partial charge in [0.15, 0.2) is 0 Å². The Morgan fingerprint density at radius 3 is 1.50 bits per heavy atom. The van der Waals surface area contributed by atoms with Crippen LogP contribution >= 0.6 is 115 Å². The maximum atomic E-state index is 12.3. The molecular formula is C25H49Cl5N6O4P2S4. The molecule has 0 saturated carbocycles. The molecule has 0 bridgehead atoms. The second kappa shape index (κ2) is 34.8. The number of halogens is 5. The van der Waals surface area contributed by atoms with Gasteiger partial charge in [-0.25, -0.2) is 24.8 Å². The maximum Gasteiger partial charge on any atom is 0.340 e. The van der Waals surface area contributed by atoms with Gasteiger partial charge in [0.2, 0.25) is 0 Å². The Morgan fingerprint density at radius 1 is 0.739 bits per heavy atom. The fourth-order valence-corrected chi connectivity index (χ4v) is 9.72. The summed E-state index contributed by atoms with van der Waals surface area (Å²) in [5.74, 6) is 2.73. The zero-order valence-corrected chi connectivity index (χ0v) is 32.0. The molecular weight excluding hydrogens is 816 g/mol. The van der Waals surface area contributed by atoms with Gasteiger partial charge in [-0.2, -0.15) is 0 Å². The van der Waals surface area contributed by atoms with E-state index in [9.17, 15) is 9.13 Å². The average molecular weight is 865 g/mol. The van der Waals surface area contributed by atoms with Crippen LogP contribution < -0.4 is 11.0 Å². The standard InChI is InChI=1S/C11H18Cl2N3O2PS2.C7H9NOS2.C4H10Cl3N2OP.3CH4/c12-4-7-16(8-5-13)19(14,17)18-9-10-20-21-11-3-1-2-6-15-11;9-5-6-10-11-7-3-1-2-4-8-7;5-1-3-9(4-2-6)11(7,8)10;;;/h1-3,6H,4-5,7-10H2,(H2,14,17);1-4,9H,5-6H2;1-4H2,(H2,8,10);3*1H4. The lowest BCUT2D eigenvalue weighted by molar-refractivity contribution is 0.282. The molecule has 0 aliphatic carbocycles. The van der Waals surface area contributed by atoms with Crippen molar-refractivity contribution in [1.82, 2.24) is 19.3 Å². The number of pyridine rings is 2. The van der Waals surface area contributed by atoms with Crippen LogP contribution in [0.1, 0.15) is 22.3 Å². The molecule has 46 heavy (non-hydrogen) atoms. The van der Waals surface area contributed by atoms with Gasteiger partial charge in [-0.05, 0) is 57.1 Å². The lowest BCUT2D eigenvalue weighted by Crippen LogP contribution is -2.29. The van der Waals surface area contributed by atoms with Crippen molar-refractivity contribution in [2.45, 2.75) is 32.3 Å². The highest BCUT2D eigenvalue weighted by Gasteiger charge is 2.26. The first kappa shape index (κ1) is 54.2. The molecule has 21 heteroatoms. The number of hydrogen-bond donors (Lipinski definition) is 3. The van der Waals surface area contributed by atoms with Crippen molar-refractivity contribution in [2.75, 3.05) is 74.4 Å². The summed E-state index contributed by atoms with van der Waals surface area (Å²) in [5, 5.41) is 10.4. The molecule has 10 nitrogen and oxygen atoms in total. The number of aromatic nitrogens is 2. The average Bonchev–Trinajstić information content (AvgIpc) is 2.98. The van der Waals surface area contributed by atoms with E-state index in [0.29, 0.717) is 62.1 Å². The van der Waals surface area contributed by atoms with Gasteiger partial charge < -0.3 is 9.63 Å². The first-order valence-corrected chi connectivity index (χ1v) is 23.5. The molecule has 0 fully saturated rings. The second-order valence-corrected chi connectivity index (χ2v) is 18.9. The zero-order chi connectivity index (χ0) is 32.4. The number of alkyl halides is 4. The highest BCUT2D eigenvalue weighted by atomic mass is 35.7. The number of rotatable bonds is 20. The highest BCUT2D eigenvalue weighted by molar-refractivity contribution is 8.77. The Balaban J connectivity index is -0.000000302. The van der Waals surface area contributed by atoms with Crippen LogP contribution in [0.25, 0.3) is 0 Å². The largest absolute Gasteiger partial charge is 0.395 e. The Kier molecular flexibility index (Phi) is 41.0. The summed E-state index contributed by atoms with van der Waals surface area (Å²) in [6.45, 7) is -1.09. The molecule has 0 aromatic carbocycles. The molecule has 2 rings (SSSR count). The molecule has 2 heterocycles. The summed E-state index contributed by atoms with van der Waals surface area (Å²) >= 11 is 27.6. The van der Waals surface area contributed by atoms with Crippen LogP contribution in [0, 0.1) is 0 Å². The molecule has 0 aliphatic heterocycles. The Labute approximate surface area is 317 Å². The molecule has 272 valence electrons. The molecule has 2 aromatic rings. The van der Waals surface area contributed by atoms with Crippen molar-refractivity contribution in [3.05, 3.63) is 48.8 Å². The summed E-state index contributed by atoms with van der Waals surface area (Å²) < 4.78 is 31.5. The smallest absolute Gasteiger partial charge is 0.340 e. The molecule has 5 N–H and O–H groups in total. The summed E-state index contributed by atoms with van der Waals surface area (Å²) in [5.41, 5.74) is 10.9. The van der Waals surface area contributed by atoms with E-state index in [-0.39, 0.29) is 28.9 Å². The van der Waals surface area contributed by atoms with Gasteiger partial charge >= 0.3 is 7.67 Å². The summed E-state index contributed by atoms with van der Waals surface area (Å²) in [6.07, 6.45) is 3.51. The van der Waals surface area contributed by atoms with E-state index in [0.717, 1.165) is 15.8 Å². The van der Waals surface area contributed by atoms with E-state index >= 15 is 0 Å². The van der Waals surface area contributed by atoms with E-state index in [1.165, 1.54) is 20.1 Å². The topological polar surface area (TPSA) is 148 Å². The molecule has 0 amide bonds. The first-order valence-electron chi connectivity index (χ1n) is 12.4. The minimum atomic E-state index is -3.32. The molecule has 2 aromatic heterocycles. The van der Waals surface area contributed by atoms with Gasteiger partial charge in [0.25, 0.3) is 6.80 Å². The predicted molar refractivity (Wildman–Crippen MR) is 214 cm³/mol. The summed E-state index contributed by atoms with van der Waals surface area (Å²) in [6, 6.07) is 11.5. The van der Waals surface area contributed by atoms with Crippen LogP contribution in [-0.2, 0) is 13.7 Å². The summed E-state index contributed by atoms with van der Waals surface area (Å²) in [4.78, 5) is 8.30. The lowest BCUT2D eigenvalue weighted by Gasteiger charge is -2.26. The van der Waals surface area contributed by atoms with E-state index < -0.39 is 14.5 Å². The third kappa shape index (κ3) is 29.1. The van der Waals surface area contributed by atoms with Gasteiger partial charge in [0.1, 0.15) is 10.1 Å². The highest BCUT2D eigenvalue weighted by Crippen LogP contribution is 2.46. The molecule has 2 unspecified atom stereocenters. The van der Waals surface area contributed by atoms with Gasteiger partial charge in [-0.1, -0.05) is 56.0 Å². The van der Waals surface area contributed by atoms with Crippen LogP contribution in [0.4, 0.5) is 0 Å². The van der Waals surface area contributed by atoms with Crippen molar-refractivity contribution >= 4 is 115 Å². The van der Waals surface area contributed by atoms with Crippen molar-refractivity contribution in [1.29, 1.82) is 0 Å². The van der Waals surface area contributed by atoms with E-state index in [1.807, 2.05) is 36.4 Å². The van der Waals surface area contributed by atoms with E-state index in [1.54, 1.807) is 44.8 Å². The van der Waals surface area contributed by atoms with Crippen molar-refractivity contribution in [3.63, 3.8) is 0 Å². The minimum Gasteiger partial charge on any atom is -0.395 e. The monoisotopic (exact) mass is 862 g/mol. The minimum absolute atomic E-state index is 0. The summed E-state index contributed by atoms with van der Waals surface area (Å²) in [7, 11) is 2.99. The zero-order valence-electron chi connectivity index (χ0n) is 23.1. The van der Waals surface area contributed by atoms with Crippen molar-refractivity contribution in [2.24, 2.45) is 11.0 Å². The maximum absolute atomic E-state index is 12.3. The molecule has 0 saturated heterocycles. The Bertz CT molecular complexity index is 1020. The number of nitrogens with zero attached hydrogens (tertiary/aromatic N) is 4. The van der Waals surface area contributed by atoms with Crippen LogP contribution in [0.15, 0.2) is 58.8 Å². The predicted octanol–water partition coefficient (Wildman–Crippen LogP) is 9.48. The number of hydrogen-bond acceptors (Lipinski definition) is 10.